The maximum absolute atomic E-state index is 4.76. The monoisotopic (exact) mass is 323 g/mol. The van der Waals surface area contributed by atoms with E-state index in [0.29, 0.717) is 0 Å². The zero-order valence-corrected chi connectivity index (χ0v) is 14.7. The number of aryl methyl sites for hydroxylation is 2. The van der Waals surface area contributed by atoms with Gasteiger partial charge in [-0.25, -0.2) is 4.98 Å². The quantitative estimate of drug-likeness (QED) is 0.712. The van der Waals surface area contributed by atoms with Gasteiger partial charge in [-0.2, -0.15) is 0 Å². The van der Waals surface area contributed by atoms with Gasteiger partial charge in [-0.05, 0) is 38.1 Å². The Balaban J connectivity index is 1.82. The molecule has 118 valence electrons. The van der Waals surface area contributed by atoms with Crippen molar-refractivity contribution in [3.8, 4) is 11.3 Å². The molecule has 2 aromatic carbocycles. The SMILES string of the molecule is Cc1ccc(-c2nc(Nc3ccc(N(C)C)cc3)sc2C)cc1. The third-order valence-electron chi connectivity index (χ3n) is 3.76. The second kappa shape index (κ2) is 6.42. The molecule has 1 heterocycles. The zero-order valence-electron chi connectivity index (χ0n) is 13.9. The van der Waals surface area contributed by atoms with Crippen LogP contribution in [0.3, 0.4) is 0 Å². The fourth-order valence-electron chi connectivity index (χ4n) is 2.40. The van der Waals surface area contributed by atoms with Crippen molar-refractivity contribution in [2.75, 3.05) is 24.3 Å². The third kappa shape index (κ3) is 3.54. The van der Waals surface area contributed by atoms with Crippen LogP contribution in [0, 0.1) is 13.8 Å². The molecule has 3 aromatic rings. The van der Waals surface area contributed by atoms with Gasteiger partial charge in [-0.15, -0.1) is 11.3 Å². The van der Waals surface area contributed by atoms with E-state index < -0.39 is 0 Å². The van der Waals surface area contributed by atoms with E-state index in [4.69, 9.17) is 4.98 Å². The van der Waals surface area contributed by atoms with Crippen molar-refractivity contribution >= 4 is 27.8 Å². The smallest absolute Gasteiger partial charge is 0.187 e. The first-order valence-electron chi connectivity index (χ1n) is 7.62. The molecule has 0 radical (unpaired) electrons. The van der Waals surface area contributed by atoms with Crippen LogP contribution in [0.2, 0.25) is 0 Å². The molecule has 0 aliphatic heterocycles. The number of hydrogen-bond acceptors (Lipinski definition) is 4. The van der Waals surface area contributed by atoms with E-state index in [1.165, 1.54) is 21.7 Å². The highest BCUT2D eigenvalue weighted by Crippen LogP contribution is 2.32. The van der Waals surface area contributed by atoms with Crippen LogP contribution in [-0.4, -0.2) is 19.1 Å². The molecular weight excluding hydrogens is 302 g/mol. The topological polar surface area (TPSA) is 28.2 Å². The molecule has 0 atom stereocenters. The van der Waals surface area contributed by atoms with Crippen molar-refractivity contribution < 1.29 is 0 Å². The van der Waals surface area contributed by atoms with Gasteiger partial charge in [0.05, 0.1) is 5.69 Å². The number of hydrogen-bond donors (Lipinski definition) is 1. The number of thiazole rings is 1. The number of rotatable bonds is 4. The summed E-state index contributed by atoms with van der Waals surface area (Å²) in [6.07, 6.45) is 0. The van der Waals surface area contributed by atoms with Crippen molar-refractivity contribution in [2.24, 2.45) is 0 Å². The van der Waals surface area contributed by atoms with Crippen LogP contribution < -0.4 is 10.2 Å². The summed E-state index contributed by atoms with van der Waals surface area (Å²) < 4.78 is 0. The van der Waals surface area contributed by atoms with Gasteiger partial charge < -0.3 is 10.2 Å². The predicted octanol–water partition coefficient (Wildman–Crippen LogP) is 5.24. The van der Waals surface area contributed by atoms with E-state index in [2.05, 4.69) is 72.6 Å². The highest BCUT2D eigenvalue weighted by molar-refractivity contribution is 7.16. The molecule has 0 saturated carbocycles. The van der Waals surface area contributed by atoms with Crippen molar-refractivity contribution in [2.45, 2.75) is 13.8 Å². The first-order valence-corrected chi connectivity index (χ1v) is 8.43. The molecule has 0 bridgehead atoms. The number of aromatic nitrogens is 1. The highest BCUT2D eigenvalue weighted by Gasteiger charge is 2.10. The average molecular weight is 323 g/mol. The Morgan fingerprint density at radius 1 is 0.913 bits per heavy atom. The van der Waals surface area contributed by atoms with Gasteiger partial charge in [0.2, 0.25) is 0 Å². The molecule has 1 N–H and O–H groups in total. The Labute approximate surface area is 141 Å². The lowest BCUT2D eigenvalue weighted by Gasteiger charge is -2.12. The summed E-state index contributed by atoms with van der Waals surface area (Å²) in [5.74, 6) is 0. The van der Waals surface area contributed by atoms with Crippen LogP contribution in [0.5, 0.6) is 0 Å². The van der Waals surface area contributed by atoms with Gasteiger partial charge in [0, 0.05) is 35.9 Å². The van der Waals surface area contributed by atoms with E-state index in [1.807, 2.05) is 14.1 Å². The number of anilines is 3. The Kier molecular flexibility index (Phi) is 4.35. The molecule has 3 rings (SSSR count). The minimum Gasteiger partial charge on any atom is -0.378 e. The lowest BCUT2D eigenvalue weighted by atomic mass is 10.1. The summed E-state index contributed by atoms with van der Waals surface area (Å²) in [5.41, 5.74) is 5.73. The minimum atomic E-state index is 0.927. The Morgan fingerprint density at radius 2 is 1.57 bits per heavy atom. The molecule has 0 spiro atoms. The Morgan fingerprint density at radius 3 is 2.17 bits per heavy atom. The van der Waals surface area contributed by atoms with Crippen LogP contribution >= 0.6 is 11.3 Å². The highest BCUT2D eigenvalue weighted by atomic mass is 32.1. The molecule has 23 heavy (non-hydrogen) atoms. The van der Waals surface area contributed by atoms with Crippen molar-refractivity contribution in [3.63, 3.8) is 0 Å². The van der Waals surface area contributed by atoms with Gasteiger partial charge in [0.15, 0.2) is 5.13 Å². The van der Waals surface area contributed by atoms with Crippen LogP contribution in [0.4, 0.5) is 16.5 Å². The third-order valence-corrected chi connectivity index (χ3v) is 4.64. The molecule has 0 unspecified atom stereocenters. The van der Waals surface area contributed by atoms with Crippen molar-refractivity contribution in [1.82, 2.24) is 4.98 Å². The van der Waals surface area contributed by atoms with Gasteiger partial charge in [0.1, 0.15) is 0 Å². The largest absolute Gasteiger partial charge is 0.378 e. The summed E-state index contributed by atoms with van der Waals surface area (Å²) >= 11 is 1.69. The van der Waals surface area contributed by atoms with Crippen molar-refractivity contribution in [3.05, 3.63) is 59.0 Å². The molecule has 0 aliphatic rings. The molecule has 3 nitrogen and oxygen atoms in total. The second-order valence-corrected chi connectivity index (χ2v) is 7.06. The van der Waals surface area contributed by atoms with Crippen LogP contribution in [-0.2, 0) is 0 Å². The molecule has 0 aliphatic carbocycles. The second-order valence-electron chi connectivity index (χ2n) is 5.86. The van der Waals surface area contributed by atoms with Gasteiger partial charge >= 0.3 is 0 Å². The van der Waals surface area contributed by atoms with E-state index in [0.717, 1.165) is 16.5 Å². The van der Waals surface area contributed by atoms with Crippen molar-refractivity contribution in [1.29, 1.82) is 0 Å². The number of benzene rings is 2. The molecule has 0 amide bonds. The summed E-state index contributed by atoms with van der Waals surface area (Å²) in [6.45, 7) is 4.22. The molecule has 1 aromatic heterocycles. The molecular formula is C19H21N3S. The Bertz CT molecular complexity index is 786. The fourth-order valence-corrected chi connectivity index (χ4v) is 3.25. The standard InChI is InChI=1S/C19H21N3S/c1-13-5-7-15(8-6-13)18-14(2)23-19(21-18)20-16-9-11-17(12-10-16)22(3)4/h5-12H,1-4H3,(H,20,21). The predicted molar refractivity (Wildman–Crippen MR) is 101 cm³/mol. The molecule has 0 fully saturated rings. The first-order chi connectivity index (χ1) is 11.0. The molecule has 0 saturated heterocycles. The lowest BCUT2D eigenvalue weighted by Crippen LogP contribution is -2.08. The molecule has 4 heteroatoms. The fraction of sp³-hybridized carbons (Fsp3) is 0.211. The van der Waals surface area contributed by atoms with E-state index in [1.54, 1.807) is 11.3 Å². The summed E-state index contributed by atoms with van der Waals surface area (Å²) in [5, 5.41) is 4.33. The van der Waals surface area contributed by atoms with E-state index in [9.17, 15) is 0 Å². The van der Waals surface area contributed by atoms with E-state index >= 15 is 0 Å². The normalized spacial score (nSPS) is 10.6. The summed E-state index contributed by atoms with van der Waals surface area (Å²) in [6, 6.07) is 16.9. The van der Waals surface area contributed by atoms with Gasteiger partial charge in [-0.1, -0.05) is 29.8 Å². The maximum atomic E-state index is 4.76. The van der Waals surface area contributed by atoms with Crippen LogP contribution in [0.1, 0.15) is 10.4 Å². The van der Waals surface area contributed by atoms with Crippen LogP contribution in [0.15, 0.2) is 48.5 Å². The lowest BCUT2D eigenvalue weighted by molar-refractivity contribution is 1.13. The number of nitrogens with zero attached hydrogens (tertiary/aromatic N) is 2. The first kappa shape index (κ1) is 15.6. The zero-order chi connectivity index (χ0) is 16.4. The Hall–Kier alpha value is -2.33. The minimum absolute atomic E-state index is 0.927. The summed E-state index contributed by atoms with van der Waals surface area (Å²) in [7, 11) is 4.08. The van der Waals surface area contributed by atoms with Gasteiger partial charge in [0.25, 0.3) is 0 Å². The van der Waals surface area contributed by atoms with Crippen LogP contribution in [0.25, 0.3) is 11.3 Å². The van der Waals surface area contributed by atoms with E-state index in [-0.39, 0.29) is 0 Å². The maximum Gasteiger partial charge on any atom is 0.187 e. The average Bonchev–Trinajstić information content (AvgIpc) is 2.89. The number of nitrogens with one attached hydrogen (secondary N) is 1. The summed E-state index contributed by atoms with van der Waals surface area (Å²) in [4.78, 5) is 8.07. The van der Waals surface area contributed by atoms with Gasteiger partial charge in [-0.3, -0.25) is 0 Å².